The molecule has 2 aliphatic heterocycles. The van der Waals surface area contributed by atoms with Gasteiger partial charge in [-0.3, -0.25) is 9.69 Å². The number of aromatic amines is 1. The van der Waals surface area contributed by atoms with E-state index in [1.807, 2.05) is 28.9 Å². The van der Waals surface area contributed by atoms with Gasteiger partial charge >= 0.3 is 0 Å². The number of likely N-dealkylation sites (tertiary alicyclic amines) is 1. The number of H-pyrrole nitrogens is 1. The zero-order valence-corrected chi connectivity index (χ0v) is 18.5. The quantitative estimate of drug-likeness (QED) is 0.632. The van der Waals surface area contributed by atoms with E-state index in [0.29, 0.717) is 23.7 Å². The Balaban J connectivity index is 1.59. The summed E-state index contributed by atoms with van der Waals surface area (Å²) >= 11 is 0. The van der Waals surface area contributed by atoms with Crippen LogP contribution in [-0.2, 0) is 11.3 Å². The van der Waals surface area contributed by atoms with Crippen molar-refractivity contribution in [3.05, 3.63) is 46.0 Å². The smallest absolute Gasteiger partial charge is 0.253 e. The van der Waals surface area contributed by atoms with E-state index in [-0.39, 0.29) is 17.7 Å². The fraction of sp³-hybridized carbons (Fsp3) is 0.565. The van der Waals surface area contributed by atoms with E-state index in [1.165, 1.54) is 12.8 Å². The van der Waals surface area contributed by atoms with Crippen molar-refractivity contribution in [3.8, 4) is 5.75 Å². The minimum absolute atomic E-state index is 0.115. The summed E-state index contributed by atoms with van der Waals surface area (Å²) in [4.78, 5) is 18.8. The number of ether oxygens (including phenoxy) is 2. The van der Waals surface area contributed by atoms with Crippen LogP contribution in [-0.4, -0.2) is 63.0 Å². The first-order valence-corrected chi connectivity index (χ1v) is 11.6. The van der Waals surface area contributed by atoms with Crippen molar-refractivity contribution in [3.63, 3.8) is 0 Å². The standard InChI is InChI=1S/C23H30N6O3/c1-31-17-9-8-16-13-19(23(30)24-20(16)14-17)21(28-10-4-2-3-5-11-28)22-25-26-27-29(22)15-18-7-6-12-32-18/h8-9,13-14,18,21H,2-7,10-12,15H2,1H3,(H,24,30)/t18-,21-/m0/s1. The molecular formula is C23H30N6O3. The summed E-state index contributed by atoms with van der Waals surface area (Å²) in [5.41, 5.74) is 1.31. The van der Waals surface area contributed by atoms with Gasteiger partial charge in [0.2, 0.25) is 0 Å². The lowest BCUT2D eigenvalue weighted by Crippen LogP contribution is -2.36. The molecule has 0 amide bonds. The van der Waals surface area contributed by atoms with Crippen LogP contribution in [0.25, 0.3) is 10.9 Å². The number of tetrazole rings is 1. The number of nitrogens with zero attached hydrogens (tertiary/aromatic N) is 5. The van der Waals surface area contributed by atoms with Crippen molar-refractivity contribution >= 4 is 10.9 Å². The van der Waals surface area contributed by atoms with Gasteiger partial charge in [-0.2, -0.15) is 0 Å². The first-order chi connectivity index (χ1) is 15.7. The van der Waals surface area contributed by atoms with Crippen LogP contribution in [0.3, 0.4) is 0 Å². The fourth-order valence-corrected chi connectivity index (χ4v) is 4.90. The topological polar surface area (TPSA) is 98.2 Å². The van der Waals surface area contributed by atoms with Crippen LogP contribution in [0.15, 0.2) is 29.1 Å². The van der Waals surface area contributed by atoms with Crippen LogP contribution in [0.4, 0.5) is 0 Å². The molecule has 0 bridgehead atoms. The molecule has 0 radical (unpaired) electrons. The average molecular weight is 439 g/mol. The highest BCUT2D eigenvalue weighted by atomic mass is 16.5. The Morgan fingerprint density at radius 2 is 2.03 bits per heavy atom. The molecule has 5 rings (SSSR count). The molecule has 1 N–H and O–H groups in total. The van der Waals surface area contributed by atoms with Crippen molar-refractivity contribution in [2.45, 2.75) is 57.2 Å². The molecule has 9 heteroatoms. The van der Waals surface area contributed by atoms with Crippen molar-refractivity contribution in [2.75, 3.05) is 26.8 Å². The lowest BCUT2D eigenvalue weighted by Gasteiger charge is -2.30. The fourth-order valence-electron chi connectivity index (χ4n) is 4.90. The van der Waals surface area contributed by atoms with Gasteiger partial charge in [-0.15, -0.1) is 5.10 Å². The van der Waals surface area contributed by atoms with Gasteiger partial charge in [-0.25, -0.2) is 4.68 Å². The minimum atomic E-state index is -0.306. The SMILES string of the molecule is COc1ccc2cc([C@@H](c3nnnn3C[C@@H]3CCCO3)N3CCCCCC3)c(=O)[nH]c2c1. The van der Waals surface area contributed by atoms with E-state index < -0.39 is 0 Å². The monoisotopic (exact) mass is 438 g/mol. The predicted octanol–water partition coefficient (Wildman–Crippen LogP) is 2.67. The van der Waals surface area contributed by atoms with Crippen molar-refractivity contribution in [2.24, 2.45) is 0 Å². The van der Waals surface area contributed by atoms with Gasteiger partial charge < -0.3 is 14.5 Å². The summed E-state index contributed by atoms with van der Waals surface area (Å²) in [6, 6.07) is 7.41. The Labute approximate surface area is 186 Å². The number of hydrogen-bond donors (Lipinski definition) is 1. The molecule has 9 nitrogen and oxygen atoms in total. The molecule has 32 heavy (non-hydrogen) atoms. The van der Waals surface area contributed by atoms with Crippen LogP contribution >= 0.6 is 0 Å². The van der Waals surface area contributed by atoms with Crippen LogP contribution in [0, 0.1) is 0 Å². The molecule has 2 saturated heterocycles. The van der Waals surface area contributed by atoms with E-state index in [9.17, 15) is 4.79 Å². The largest absolute Gasteiger partial charge is 0.497 e. The van der Waals surface area contributed by atoms with Crippen molar-refractivity contribution in [1.29, 1.82) is 0 Å². The van der Waals surface area contributed by atoms with Gasteiger partial charge in [-0.05, 0) is 72.8 Å². The molecule has 3 aromatic rings. The van der Waals surface area contributed by atoms with Crippen LogP contribution < -0.4 is 10.3 Å². The van der Waals surface area contributed by atoms with Gasteiger partial charge in [0.05, 0.1) is 25.3 Å². The third-order valence-electron chi connectivity index (χ3n) is 6.59. The second-order valence-electron chi connectivity index (χ2n) is 8.71. The van der Waals surface area contributed by atoms with Gasteiger partial charge in [0, 0.05) is 18.2 Å². The maximum atomic E-state index is 13.3. The number of pyridine rings is 1. The van der Waals surface area contributed by atoms with Crippen molar-refractivity contribution in [1.82, 2.24) is 30.1 Å². The molecule has 0 spiro atoms. The lowest BCUT2D eigenvalue weighted by molar-refractivity contribution is 0.0909. The highest BCUT2D eigenvalue weighted by Gasteiger charge is 2.31. The number of benzene rings is 1. The highest BCUT2D eigenvalue weighted by Crippen LogP contribution is 2.30. The Morgan fingerprint density at radius 1 is 1.19 bits per heavy atom. The number of hydrogen-bond acceptors (Lipinski definition) is 7. The van der Waals surface area contributed by atoms with E-state index in [4.69, 9.17) is 9.47 Å². The van der Waals surface area contributed by atoms with Crippen LogP contribution in [0.2, 0.25) is 0 Å². The summed E-state index contributed by atoms with van der Waals surface area (Å²) in [7, 11) is 1.62. The zero-order valence-electron chi connectivity index (χ0n) is 18.5. The van der Waals surface area contributed by atoms with Crippen molar-refractivity contribution < 1.29 is 9.47 Å². The summed E-state index contributed by atoms with van der Waals surface area (Å²) in [5, 5.41) is 13.7. The number of fused-ring (bicyclic) bond motifs is 1. The molecule has 2 aliphatic rings. The second-order valence-corrected chi connectivity index (χ2v) is 8.71. The number of rotatable bonds is 6. The number of nitrogens with one attached hydrogen (secondary N) is 1. The maximum absolute atomic E-state index is 13.3. The molecule has 2 fully saturated rings. The molecule has 2 aromatic heterocycles. The summed E-state index contributed by atoms with van der Waals surface area (Å²) in [5.74, 6) is 1.42. The van der Waals surface area contributed by atoms with Crippen LogP contribution in [0.1, 0.15) is 56.0 Å². The lowest BCUT2D eigenvalue weighted by atomic mass is 10.0. The minimum Gasteiger partial charge on any atom is -0.497 e. The Hall–Kier alpha value is -2.78. The molecule has 170 valence electrons. The molecular weight excluding hydrogens is 408 g/mol. The molecule has 4 heterocycles. The number of aromatic nitrogens is 5. The second kappa shape index (κ2) is 9.38. The summed E-state index contributed by atoms with van der Waals surface area (Å²) < 4.78 is 13.0. The van der Waals surface area contributed by atoms with Gasteiger partial charge in [0.25, 0.3) is 5.56 Å². The third-order valence-corrected chi connectivity index (χ3v) is 6.59. The third kappa shape index (κ3) is 4.27. The van der Waals surface area contributed by atoms with E-state index in [1.54, 1.807) is 7.11 Å². The first-order valence-electron chi connectivity index (χ1n) is 11.6. The van der Waals surface area contributed by atoms with Gasteiger partial charge in [0.1, 0.15) is 11.8 Å². The Bertz CT molecular complexity index is 1110. The van der Waals surface area contributed by atoms with E-state index >= 15 is 0 Å². The molecule has 2 atom stereocenters. The molecule has 0 aliphatic carbocycles. The van der Waals surface area contributed by atoms with Gasteiger partial charge in [0.15, 0.2) is 5.82 Å². The average Bonchev–Trinajstić information content (AvgIpc) is 3.41. The van der Waals surface area contributed by atoms with E-state index in [0.717, 1.165) is 56.3 Å². The predicted molar refractivity (Wildman–Crippen MR) is 120 cm³/mol. The normalized spacial score (nSPS) is 21.0. The Kier molecular flexibility index (Phi) is 6.18. The first kappa shape index (κ1) is 21.1. The highest BCUT2D eigenvalue weighted by molar-refractivity contribution is 5.80. The van der Waals surface area contributed by atoms with Crippen LogP contribution in [0.5, 0.6) is 5.75 Å². The van der Waals surface area contributed by atoms with E-state index in [2.05, 4.69) is 25.4 Å². The molecule has 1 aromatic carbocycles. The number of methoxy groups -OCH3 is 1. The molecule has 0 saturated carbocycles. The zero-order chi connectivity index (χ0) is 21.9. The molecule has 0 unspecified atom stereocenters. The Morgan fingerprint density at radius 3 is 2.78 bits per heavy atom. The summed E-state index contributed by atoms with van der Waals surface area (Å²) in [6.45, 7) is 3.22. The van der Waals surface area contributed by atoms with Gasteiger partial charge in [-0.1, -0.05) is 12.8 Å². The summed E-state index contributed by atoms with van der Waals surface area (Å²) in [6.07, 6.45) is 6.80. The maximum Gasteiger partial charge on any atom is 0.253 e.